The van der Waals surface area contributed by atoms with Gasteiger partial charge in [-0.25, -0.2) is 27.4 Å². The summed E-state index contributed by atoms with van der Waals surface area (Å²) in [6, 6.07) is 0. The lowest BCUT2D eigenvalue weighted by Crippen LogP contribution is -2.02. The zero-order valence-electron chi connectivity index (χ0n) is 21.3. The fraction of sp³-hybridized carbons (Fsp3) is 1.00. The summed E-state index contributed by atoms with van der Waals surface area (Å²) in [5, 5.41) is 0. The predicted molar refractivity (Wildman–Crippen MR) is 142 cm³/mol. The average Bonchev–Trinajstić information content (AvgIpc) is 2.45. The van der Waals surface area contributed by atoms with Gasteiger partial charge in [0.1, 0.15) is 0 Å². The lowest BCUT2D eigenvalue weighted by molar-refractivity contribution is 0.142. The molecule has 21 nitrogen and oxygen atoms in total. The molecule has 0 aliphatic carbocycles. The minimum absolute atomic E-state index is 0. The van der Waals surface area contributed by atoms with Crippen LogP contribution in [0.2, 0.25) is 0 Å². The molecule has 252 valence electrons. The fourth-order valence-electron chi connectivity index (χ4n) is 1.26. The van der Waals surface area contributed by atoms with Crippen molar-refractivity contribution in [3.8, 4) is 0 Å². The van der Waals surface area contributed by atoms with Gasteiger partial charge in [-0.1, -0.05) is 28.7 Å². The van der Waals surface area contributed by atoms with Gasteiger partial charge in [0.2, 0.25) is 0 Å². The molecule has 0 aliphatic rings. The third-order valence-electron chi connectivity index (χ3n) is 1.66. The highest BCUT2D eigenvalue weighted by Gasteiger charge is 2.41. The number of phosphoric ester groups is 3. The molecule has 0 aliphatic heterocycles. The highest BCUT2D eigenvalue weighted by molar-refractivity contribution is 7.66. The monoisotopic (exact) mass is 722 g/mol. The zero-order valence-corrected chi connectivity index (χ0v) is 26.7. The van der Waals surface area contributed by atoms with Gasteiger partial charge in [-0.2, -0.15) is 12.9 Å². The quantitative estimate of drug-likeness (QED) is 0.128. The van der Waals surface area contributed by atoms with E-state index in [2.05, 4.69) is 26.5 Å². The van der Waals surface area contributed by atoms with Crippen molar-refractivity contribution in [2.45, 2.75) is 88.6 Å². The molecular weight excluding hydrogens is 678 g/mol. The maximum Gasteiger partial charge on any atom is 0.490 e. The summed E-state index contributed by atoms with van der Waals surface area (Å²) in [4.78, 5) is 75.0. The van der Waals surface area contributed by atoms with Crippen LogP contribution >= 0.6 is 46.9 Å². The Hall–Kier alpha value is 0.780. The SMILES string of the molecule is C.C.CC.CC(C)OP(=O)(O)O.CC(C)OP(=O)(O)OP(=O)(O)O.CC(C)OP(=O)(O)OP(=O)(O)OP(=O)(O)O. The van der Waals surface area contributed by atoms with E-state index < -0.39 is 65.2 Å². The predicted octanol–water partition coefficient (Wildman–Crippen LogP) is 4.16. The van der Waals surface area contributed by atoms with Crippen molar-refractivity contribution in [1.29, 1.82) is 0 Å². The number of hydrogen-bond acceptors (Lipinski definition) is 12. The number of phosphoric acid groups is 6. The van der Waals surface area contributed by atoms with Gasteiger partial charge in [-0.05, 0) is 41.5 Å². The first kappa shape index (κ1) is 53.3. The van der Waals surface area contributed by atoms with E-state index in [1.165, 1.54) is 27.7 Å². The zero-order chi connectivity index (χ0) is 32.0. The smallest absolute Gasteiger partial charge is 0.303 e. The molecule has 40 heavy (non-hydrogen) atoms. The Morgan fingerprint density at radius 3 is 0.800 bits per heavy atom. The Morgan fingerprint density at radius 2 is 0.625 bits per heavy atom. The molecule has 0 heterocycles. The van der Waals surface area contributed by atoms with Crippen LogP contribution in [-0.2, 0) is 53.9 Å². The van der Waals surface area contributed by atoms with E-state index in [0.29, 0.717) is 0 Å². The number of hydrogen-bond donors (Lipinski definition) is 9. The van der Waals surface area contributed by atoms with E-state index in [9.17, 15) is 27.4 Å². The van der Waals surface area contributed by atoms with Crippen LogP contribution in [0.1, 0.15) is 70.2 Å². The highest BCUT2D eigenvalue weighted by atomic mass is 31.3. The summed E-state index contributed by atoms with van der Waals surface area (Å²) in [6.45, 7) is 12.6. The van der Waals surface area contributed by atoms with Crippen LogP contribution in [0.4, 0.5) is 0 Å². The molecule has 0 amide bonds. The second-order valence-electron chi connectivity index (χ2n) is 6.58. The second kappa shape index (κ2) is 22.3. The molecule has 0 saturated heterocycles. The van der Waals surface area contributed by atoms with Crippen LogP contribution in [0.15, 0.2) is 0 Å². The Kier molecular flexibility index (Phi) is 29.8. The lowest BCUT2D eigenvalue weighted by Gasteiger charge is -2.17. The average molecular weight is 722 g/mol. The first-order valence-corrected chi connectivity index (χ1v) is 18.8. The molecule has 0 aromatic carbocycles. The molecule has 0 saturated carbocycles. The summed E-state index contributed by atoms with van der Waals surface area (Å²) in [5.74, 6) is 0. The molecule has 0 spiro atoms. The van der Waals surface area contributed by atoms with E-state index in [1.54, 1.807) is 13.8 Å². The van der Waals surface area contributed by atoms with Gasteiger partial charge in [0.25, 0.3) is 0 Å². The molecule has 0 aromatic heterocycles. The molecule has 3 atom stereocenters. The molecule has 0 radical (unpaired) electrons. The largest absolute Gasteiger partial charge is 0.490 e. The van der Waals surface area contributed by atoms with Gasteiger partial charge in [0.15, 0.2) is 0 Å². The standard InChI is InChI=1S/C3H11O10P3.C3H10O7P2.C3H9O4P.C2H6.2CH4/c1-3(2)11-15(7,8)13-16(9,10)12-14(4,5)6;1-3(2)9-12(7,8)10-11(4,5)6;1-3(2)7-8(4,5)6;1-2;;/h3H,1-2H3,(H,7,8)(H,9,10)(H2,4,5,6);3H,1-2H3,(H,7,8)(H2,4,5,6);3H,1-2H3,(H2,4,5,6);1-2H3;2*1H4. The third kappa shape index (κ3) is 48.5. The first-order chi connectivity index (χ1) is 16.4. The Balaban J connectivity index is -0.000000107. The minimum Gasteiger partial charge on any atom is -0.303 e. The molecule has 0 aromatic rings. The lowest BCUT2D eigenvalue weighted by atomic mass is 10.5. The van der Waals surface area contributed by atoms with Crippen molar-refractivity contribution < 1.29 is 97.9 Å². The molecule has 27 heteroatoms. The summed E-state index contributed by atoms with van der Waals surface area (Å²) >= 11 is 0. The van der Waals surface area contributed by atoms with E-state index in [-0.39, 0.29) is 14.9 Å². The first-order valence-electron chi connectivity index (χ1n) is 9.71. The Labute approximate surface area is 233 Å². The van der Waals surface area contributed by atoms with Gasteiger partial charge in [-0.3, -0.25) is 13.6 Å². The van der Waals surface area contributed by atoms with Crippen molar-refractivity contribution in [2.24, 2.45) is 0 Å². The van der Waals surface area contributed by atoms with Gasteiger partial charge in [-0.15, -0.1) is 0 Å². The molecule has 3 unspecified atom stereocenters. The van der Waals surface area contributed by atoms with E-state index >= 15 is 0 Å². The summed E-state index contributed by atoms with van der Waals surface area (Å²) in [6.07, 6.45) is -1.89. The van der Waals surface area contributed by atoms with Crippen LogP contribution in [0, 0.1) is 0 Å². The van der Waals surface area contributed by atoms with E-state index in [1.807, 2.05) is 13.8 Å². The normalized spacial score (nSPS) is 16.2. The minimum atomic E-state index is -5.39. The van der Waals surface area contributed by atoms with Crippen molar-refractivity contribution in [3.63, 3.8) is 0 Å². The third-order valence-corrected chi connectivity index (χ3v) is 8.74. The molecule has 0 rings (SSSR count). The molecule has 0 bridgehead atoms. The van der Waals surface area contributed by atoms with Crippen molar-refractivity contribution >= 4 is 46.9 Å². The second-order valence-corrected chi connectivity index (χ2v) is 14.9. The Morgan fingerprint density at radius 1 is 0.400 bits per heavy atom. The van der Waals surface area contributed by atoms with Crippen LogP contribution in [-0.4, -0.2) is 62.4 Å². The molecule has 9 N–H and O–H groups in total. The van der Waals surface area contributed by atoms with Crippen molar-refractivity contribution in [3.05, 3.63) is 0 Å². The van der Waals surface area contributed by atoms with Crippen LogP contribution in [0.5, 0.6) is 0 Å². The topological polar surface area (TPSA) is 340 Å². The summed E-state index contributed by atoms with van der Waals surface area (Å²) < 4.78 is 85.6. The van der Waals surface area contributed by atoms with Crippen LogP contribution in [0.3, 0.4) is 0 Å². The van der Waals surface area contributed by atoms with Crippen LogP contribution < -0.4 is 0 Å². The van der Waals surface area contributed by atoms with Gasteiger partial charge in [0, 0.05) is 0 Å². The van der Waals surface area contributed by atoms with Gasteiger partial charge in [0.05, 0.1) is 18.3 Å². The van der Waals surface area contributed by atoms with E-state index in [0.717, 1.165) is 0 Å². The summed E-state index contributed by atoms with van der Waals surface area (Å²) in [5.41, 5.74) is 0. The highest BCUT2D eigenvalue weighted by Crippen LogP contribution is 2.66. The molecule has 0 fully saturated rings. The van der Waals surface area contributed by atoms with Gasteiger partial charge < -0.3 is 44.0 Å². The number of rotatable bonds is 12. The van der Waals surface area contributed by atoms with Crippen LogP contribution in [0.25, 0.3) is 0 Å². The van der Waals surface area contributed by atoms with Crippen molar-refractivity contribution in [2.75, 3.05) is 0 Å². The maximum absolute atomic E-state index is 11.0. The Bertz CT molecular complexity index is 931. The van der Waals surface area contributed by atoms with Gasteiger partial charge >= 0.3 is 46.9 Å². The fourth-order valence-corrected chi connectivity index (χ4v) is 6.76. The van der Waals surface area contributed by atoms with Crippen molar-refractivity contribution in [1.82, 2.24) is 0 Å². The van der Waals surface area contributed by atoms with E-state index in [4.69, 9.17) is 44.0 Å². The summed E-state index contributed by atoms with van der Waals surface area (Å²) in [7, 11) is -29.5. The molecular formula is C13H44O21P6. The maximum atomic E-state index is 11.0.